The molecule has 0 bridgehead atoms. The first kappa shape index (κ1) is 30.8. The fraction of sp³-hybridized carbons (Fsp3) is 0.478. The summed E-state index contributed by atoms with van der Waals surface area (Å²) in [6.07, 6.45) is -1.44. The van der Waals surface area contributed by atoms with Gasteiger partial charge in [0, 0.05) is 6.42 Å². The number of carbonyl (C=O) groups is 6. The topological polar surface area (TPSA) is 251 Å². The Morgan fingerprint density at radius 3 is 1.92 bits per heavy atom. The number of carbonyl (C=O) groups excluding carboxylic acids is 4. The van der Waals surface area contributed by atoms with E-state index >= 15 is 0 Å². The van der Waals surface area contributed by atoms with Crippen LogP contribution in [0.1, 0.15) is 38.7 Å². The molecule has 0 radical (unpaired) electrons. The third-order valence-electron chi connectivity index (χ3n) is 5.28. The minimum atomic E-state index is -1.78. The van der Waals surface area contributed by atoms with Crippen LogP contribution in [0.15, 0.2) is 24.3 Å². The fourth-order valence-electron chi connectivity index (χ4n) is 3.24. The summed E-state index contributed by atoms with van der Waals surface area (Å²) in [7, 11) is 0. The van der Waals surface area contributed by atoms with Crippen LogP contribution in [0.2, 0.25) is 0 Å². The number of aliphatic carboxylic acids is 2. The van der Waals surface area contributed by atoms with Gasteiger partial charge in [0.1, 0.15) is 23.9 Å². The predicted octanol–water partition coefficient (Wildman–Crippen LogP) is -1.80. The number of rotatable bonds is 15. The van der Waals surface area contributed by atoms with E-state index in [4.69, 9.17) is 16.6 Å². The molecule has 1 aromatic carbocycles. The van der Waals surface area contributed by atoms with Crippen LogP contribution in [0.25, 0.3) is 0 Å². The van der Waals surface area contributed by atoms with Crippen LogP contribution in [0.3, 0.4) is 0 Å². The predicted molar refractivity (Wildman–Crippen MR) is 129 cm³/mol. The molecule has 4 atom stereocenters. The second-order valence-corrected chi connectivity index (χ2v) is 8.77. The van der Waals surface area contributed by atoms with Crippen molar-refractivity contribution in [2.45, 2.75) is 63.7 Å². The van der Waals surface area contributed by atoms with Crippen LogP contribution in [-0.2, 0) is 35.2 Å². The number of phenolic OH excluding ortho intramolecular Hbond substituents is 1. The average molecular weight is 524 g/mol. The maximum Gasteiger partial charge on any atom is 0.326 e. The van der Waals surface area contributed by atoms with Crippen molar-refractivity contribution in [2.24, 2.45) is 17.4 Å². The Morgan fingerprint density at radius 2 is 1.43 bits per heavy atom. The first-order chi connectivity index (χ1) is 17.2. The van der Waals surface area contributed by atoms with E-state index in [0.717, 1.165) is 0 Å². The summed E-state index contributed by atoms with van der Waals surface area (Å²) in [5, 5.41) is 34.3. The van der Waals surface area contributed by atoms with Gasteiger partial charge in [-0.05, 0) is 36.5 Å². The quantitative estimate of drug-likeness (QED) is 0.128. The van der Waals surface area contributed by atoms with Gasteiger partial charge >= 0.3 is 11.9 Å². The summed E-state index contributed by atoms with van der Waals surface area (Å²) in [5.41, 5.74) is 11.8. The summed E-state index contributed by atoms with van der Waals surface area (Å²) < 4.78 is 0. The van der Waals surface area contributed by atoms with Crippen molar-refractivity contribution in [2.75, 3.05) is 0 Å². The second-order valence-electron chi connectivity index (χ2n) is 8.77. The molecule has 10 N–H and O–H groups in total. The number of hydrogen-bond donors (Lipinski definition) is 8. The van der Waals surface area contributed by atoms with Crippen LogP contribution < -0.4 is 27.4 Å². The number of carboxylic acid groups (broad SMARTS) is 2. The standard InChI is InChI=1S/C23H33N5O9/c1-11(2)19(28-20(33)14(24)9-12-3-5-13(29)6-4-12)22(35)26-15(7-8-17(25)30)21(34)27-16(23(36)37)10-18(31)32/h3-6,11,14-16,19,29H,7-10,24H2,1-2H3,(H2,25,30)(H,26,35)(H,27,34)(H,28,33)(H,31,32)(H,36,37). The number of phenols is 1. The van der Waals surface area contributed by atoms with E-state index in [1.807, 2.05) is 5.32 Å². The largest absolute Gasteiger partial charge is 0.508 e. The van der Waals surface area contributed by atoms with Crippen LogP contribution in [0.4, 0.5) is 0 Å². The molecule has 0 aliphatic rings. The molecule has 4 unspecified atom stereocenters. The fourth-order valence-corrected chi connectivity index (χ4v) is 3.24. The molecule has 0 aliphatic carbocycles. The highest BCUT2D eigenvalue weighted by Gasteiger charge is 2.32. The molecule has 0 saturated heterocycles. The monoisotopic (exact) mass is 523 g/mol. The summed E-state index contributed by atoms with van der Waals surface area (Å²) in [6, 6.07) is 0.629. The van der Waals surface area contributed by atoms with Gasteiger partial charge in [0.15, 0.2) is 0 Å². The van der Waals surface area contributed by atoms with Gasteiger partial charge in [-0.3, -0.25) is 24.0 Å². The van der Waals surface area contributed by atoms with Gasteiger partial charge in [-0.2, -0.15) is 0 Å². The number of primary amides is 1. The molecule has 1 aromatic rings. The van der Waals surface area contributed by atoms with E-state index < -0.39 is 72.1 Å². The molecule has 0 heterocycles. The summed E-state index contributed by atoms with van der Waals surface area (Å²) in [6.45, 7) is 3.25. The van der Waals surface area contributed by atoms with Crippen LogP contribution >= 0.6 is 0 Å². The van der Waals surface area contributed by atoms with Crippen LogP contribution in [0.5, 0.6) is 5.75 Å². The van der Waals surface area contributed by atoms with Crippen molar-refractivity contribution < 1.29 is 44.1 Å². The highest BCUT2D eigenvalue weighted by atomic mass is 16.4. The third kappa shape index (κ3) is 10.9. The molecule has 14 nitrogen and oxygen atoms in total. The molecular weight excluding hydrogens is 490 g/mol. The first-order valence-electron chi connectivity index (χ1n) is 11.4. The maximum atomic E-state index is 13.0. The molecule has 0 saturated carbocycles. The van der Waals surface area contributed by atoms with Gasteiger partial charge in [0.05, 0.1) is 12.5 Å². The number of amides is 4. The number of hydrogen-bond acceptors (Lipinski definition) is 8. The molecular formula is C23H33N5O9. The Morgan fingerprint density at radius 1 is 0.865 bits per heavy atom. The minimum absolute atomic E-state index is 0.0471. The van der Waals surface area contributed by atoms with Crippen molar-refractivity contribution in [1.82, 2.24) is 16.0 Å². The van der Waals surface area contributed by atoms with Crippen molar-refractivity contribution >= 4 is 35.6 Å². The van der Waals surface area contributed by atoms with Crippen LogP contribution in [0, 0.1) is 5.92 Å². The Labute approximate surface area is 212 Å². The molecule has 1 rings (SSSR count). The van der Waals surface area contributed by atoms with E-state index in [1.54, 1.807) is 26.0 Å². The third-order valence-corrected chi connectivity index (χ3v) is 5.28. The van der Waals surface area contributed by atoms with Crippen molar-refractivity contribution in [3.05, 3.63) is 29.8 Å². The lowest BCUT2D eigenvalue weighted by atomic mass is 10.00. The maximum absolute atomic E-state index is 13.0. The van der Waals surface area contributed by atoms with Gasteiger partial charge in [0.25, 0.3) is 0 Å². The lowest BCUT2D eigenvalue weighted by Crippen LogP contribution is -2.58. The van der Waals surface area contributed by atoms with Gasteiger partial charge in [0.2, 0.25) is 23.6 Å². The molecule has 0 fully saturated rings. The SMILES string of the molecule is CC(C)C(NC(=O)C(N)Cc1ccc(O)cc1)C(=O)NC(CCC(N)=O)C(=O)NC(CC(=O)O)C(=O)O. The Hall–Kier alpha value is -4.20. The highest BCUT2D eigenvalue weighted by Crippen LogP contribution is 2.12. The molecule has 14 heteroatoms. The smallest absolute Gasteiger partial charge is 0.326 e. The molecule has 0 aromatic heterocycles. The van der Waals surface area contributed by atoms with E-state index in [0.29, 0.717) is 5.56 Å². The first-order valence-corrected chi connectivity index (χ1v) is 11.4. The zero-order chi connectivity index (χ0) is 28.3. The number of benzene rings is 1. The number of carboxylic acids is 2. The zero-order valence-corrected chi connectivity index (χ0v) is 20.5. The van der Waals surface area contributed by atoms with Crippen molar-refractivity contribution in [3.63, 3.8) is 0 Å². The van der Waals surface area contributed by atoms with Crippen LogP contribution in [-0.4, -0.2) is 75.1 Å². The van der Waals surface area contributed by atoms with Crippen molar-refractivity contribution in [3.8, 4) is 5.75 Å². The summed E-state index contributed by atoms with van der Waals surface area (Å²) >= 11 is 0. The molecule has 0 spiro atoms. The highest BCUT2D eigenvalue weighted by molar-refractivity contribution is 5.95. The summed E-state index contributed by atoms with van der Waals surface area (Å²) in [5.74, 6) is -6.80. The van der Waals surface area contributed by atoms with Gasteiger partial charge in [-0.1, -0.05) is 26.0 Å². The molecule has 4 amide bonds. The molecule has 37 heavy (non-hydrogen) atoms. The van der Waals surface area contributed by atoms with E-state index in [2.05, 4.69) is 10.6 Å². The average Bonchev–Trinajstić information content (AvgIpc) is 2.79. The zero-order valence-electron chi connectivity index (χ0n) is 20.5. The van der Waals surface area contributed by atoms with Gasteiger partial charge < -0.3 is 42.7 Å². The second kappa shape index (κ2) is 14.4. The van der Waals surface area contributed by atoms with E-state index in [-0.39, 0.29) is 25.0 Å². The number of nitrogens with two attached hydrogens (primary N) is 2. The Balaban J connectivity index is 2.96. The molecule has 204 valence electrons. The minimum Gasteiger partial charge on any atom is -0.508 e. The summed E-state index contributed by atoms with van der Waals surface area (Å²) in [4.78, 5) is 71.8. The lowest BCUT2D eigenvalue weighted by Gasteiger charge is -2.26. The van der Waals surface area contributed by atoms with E-state index in [1.165, 1.54) is 12.1 Å². The lowest BCUT2D eigenvalue weighted by molar-refractivity contribution is -0.147. The van der Waals surface area contributed by atoms with Gasteiger partial charge in [-0.15, -0.1) is 0 Å². The van der Waals surface area contributed by atoms with Crippen molar-refractivity contribution in [1.29, 1.82) is 0 Å². The number of nitrogens with one attached hydrogen (secondary N) is 3. The normalized spacial score (nSPS) is 14.1. The van der Waals surface area contributed by atoms with Gasteiger partial charge in [-0.25, -0.2) is 4.79 Å². The number of aromatic hydroxyl groups is 1. The molecule has 0 aliphatic heterocycles. The Bertz CT molecular complexity index is 997. The van der Waals surface area contributed by atoms with E-state index in [9.17, 15) is 39.0 Å². The Kier molecular flexibility index (Phi) is 12.0.